The molecule has 4 heteroatoms. The molecule has 1 atom stereocenters. The van der Waals surface area contributed by atoms with Crippen LogP contribution in [0.1, 0.15) is 33.6 Å². The molecule has 15 heavy (non-hydrogen) atoms. The molecule has 1 unspecified atom stereocenters. The normalized spacial score (nSPS) is 13.1. The van der Waals surface area contributed by atoms with Gasteiger partial charge in [0.15, 0.2) is 0 Å². The first kappa shape index (κ1) is 13.9. The van der Waals surface area contributed by atoms with E-state index in [1.54, 1.807) is 14.0 Å². The topological polar surface area (TPSA) is 64.3 Å². The summed E-state index contributed by atoms with van der Waals surface area (Å²) < 4.78 is 0. The van der Waals surface area contributed by atoms with Gasteiger partial charge < -0.3 is 10.0 Å². The molecule has 0 saturated carbocycles. The molecule has 0 bridgehead atoms. The van der Waals surface area contributed by atoms with E-state index < -0.39 is 5.41 Å². The Bertz CT molecular complexity index is 254. The van der Waals surface area contributed by atoms with Crippen LogP contribution in [0.15, 0.2) is 0 Å². The first-order valence-corrected chi connectivity index (χ1v) is 5.28. The minimum Gasteiger partial charge on any atom is -0.394 e. The fourth-order valence-electron chi connectivity index (χ4n) is 1.42. The van der Waals surface area contributed by atoms with Crippen LogP contribution in [0.2, 0.25) is 0 Å². The average Bonchev–Trinajstić information content (AvgIpc) is 2.29. The van der Waals surface area contributed by atoms with Gasteiger partial charge in [-0.05, 0) is 19.8 Å². The van der Waals surface area contributed by atoms with E-state index in [0.29, 0.717) is 12.8 Å². The smallest absolute Gasteiger partial charge is 0.243 e. The Kier molecular flexibility index (Phi) is 5.31. The fraction of sp³-hybridized carbons (Fsp3) is 0.818. The molecule has 0 aromatic carbocycles. The number of hydrogen-bond donors (Lipinski definition) is 1. The van der Waals surface area contributed by atoms with Crippen LogP contribution < -0.4 is 0 Å². The van der Waals surface area contributed by atoms with Crippen LogP contribution in [0.5, 0.6) is 0 Å². The average molecular weight is 212 g/mol. The number of rotatable bonds is 5. The van der Waals surface area contributed by atoms with Gasteiger partial charge in [0.2, 0.25) is 5.91 Å². The Hall–Kier alpha value is -1.08. The quantitative estimate of drug-likeness (QED) is 0.743. The summed E-state index contributed by atoms with van der Waals surface area (Å²) in [5.41, 5.74) is -0.932. The number of nitrogens with zero attached hydrogens (tertiary/aromatic N) is 2. The maximum atomic E-state index is 12.1. The Morgan fingerprint density at radius 1 is 1.53 bits per heavy atom. The number of carbonyl (C=O) groups excluding carboxylic acids is 1. The number of carbonyl (C=O) groups is 1. The second-order valence-electron chi connectivity index (χ2n) is 3.85. The maximum Gasteiger partial charge on any atom is 0.243 e. The van der Waals surface area contributed by atoms with Gasteiger partial charge >= 0.3 is 0 Å². The molecule has 0 fully saturated rings. The summed E-state index contributed by atoms with van der Waals surface area (Å²) in [6, 6.07) is 1.85. The molecule has 0 spiro atoms. The minimum atomic E-state index is -0.932. The maximum absolute atomic E-state index is 12.1. The lowest BCUT2D eigenvalue weighted by Gasteiger charge is -2.31. The summed E-state index contributed by atoms with van der Waals surface area (Å²) in [6.07, 6.45) is 1.00. The molecule has 0 aromatic rings. The molecule has 1 N–H and O–H groups in total. The largest absolute Gasteiger partial charge is 0.394 e. The summed E-state index contributed by atoms with van der Waals surface area (Å²) in [7, 11) is 1.63. The van der Waals surface area contributed by atoms with Crippen molar-refractivity contribution in [3.63, 3.8) is 0 Å². The fourth-order valence-corrected chi connectivity index (χ4v) is 1.42. The van der Waals surface area contributed by atoms with Crippen molar-refractivity contribution in [1.82, 2.24) is 4.90 Å². The van der Waals surface area contributed by atoms with Gasteiger partial charge in [0.25, 0.3) is 0 Å². The summed E-state index contributed by atoms with van der Waals surface area (Å²) >= 11 is 0. The molecule has 86 valence electrons. The van der Waals surface area contributed by atoms with E-state index >= 15 is 0 Å². The van der Waals surface area contributed by atoms with Gasteiger partial charge in [-0.15, -0.1) is 0 Å². The number of hydrogen-bond acceptors (Lipinski definition) is 3. The van der Waals surface area contributed by atoms with Gasteiger partial charge in [-0.3, -0.25) is 4.79 Å². The first-order valence-electron chi connectivity index (χ1n) is 5.28. The summed E-state index contributed by atoms with van der Waals surface area (Å²) in [4.78, 5) is 13.5. The molecule has 0 aliphatic rings. The van der Waals surface area contributed by atoms with Gasteiger partial charge in [-0.2, -0.15) is 5.26 Å². The molecule has 4 nitrogen and oxygen atoms in total. The Morgan fingerprint density at radius 3 is 2.27 bits per heavy atom. The third kappa shape index (κ3) is 2.69. The van der Waals surface area contributed by atoms with E-state index in [2.05, 4.69) is 6.07 Å². The van der Waals surface area contributed by atoms with Crippen molar-refractivity contribution in [3.05, 3.63) is 0 Å². The number of aliphatic hydroxyl groups is 1. The van der Waals surface area contributed by atoms with Crippen LogP contribution >= 0.6 is 0 Å². The second kappa shape index (κ2) is 5.72. The molecule has 1 amide bonds. The van der Waals surface area contributed by atoms with E-state index in [0.717, 1.165) is 0 Å². The van der Waals surface area contributed by atoms with Gasteiger partial charge in [0.1, 0.15) is 5.41 Å². The minimum absolute atomic E-state index is 0.0861. The predicted octanol–water partition coefficient (Wildman–Crippen LogP) is 1.16. The van der Waals surface area contributed by atoms with E-state index in [1.807, 2.05) is 13.8 Å². The highest BCUT2D eigenvalue weighted by atomic mass is 16.3. The Balaban J connectivity index is 4.89. The third-order valence-corrected chi connectivity index (χ3v) is 3.08. The lowest BCUT2D eigenvalue weighted by molar-refractivity contribution is -0.140. The Morgan fingerprint density at radius 2 is 2.00 bits per heavy atom. The molecule has 0 aromatic heterocycles. The van der Waals surface area contributed by atoms with Crippen LogP contribution in [0.3, 0.4) is 0 Å². The van der Waals surface area contributed by atoms with E-state index in [1.165, 1.54) is 4.90 Å². The van der Waals surface area contributed by atoms with Gasteiger partial charge in [0, 0.05) is 7.05 Å². The standard InChI is InChI=1S/C11H20N2O2/c1-5-11(6-2,8-12)10(15)13(4)9(3)7-14/h9,14H,5-7H2,1-4H3. The number of likely N-dealkylation sites (N-methyl/N-ethyl adjacent to an activating group) is 1. The molecule has 0 rings (SSSR count). The molecule has 0 heterocycles. The van der Waals surface area contributed by atoms with E-state index in [-0.39, 0.29) is 18.6 Å². The van der Waals surface area contributed by atoms with Crippen LogP contribution in [0, 0.1) is 16.7 Å². The molecular weight excluding hydrogens is 192 g/mol. The third-order valence-electron chi connectivity index (χ3n) is 3.08. The number of amides is 1. The second-order valence-corrected chi connectivity index (χ2v) is 3.85. The van der Waals surface area contributed by atoms with Gasteiger partial charge in [0.05, 0.1) is 18.7 Å². The summed E-state index contributed by atoms with van der Waals surface area (Å²) in [6.45, 7) is 5.34. The van der Waals surface area contributed by atoms with Crippen molar-refractivity contribution in [2.75, 3.05) is 13.7 Å². The van der Waals surface area contributed by atoms with Crippen molar-refractivity contribution in [1.29, 1.82) is 5.26 Å². The molecular formula is C11H20N2O2. The molecule has 0 aliphatic carbocycles. The zero-order valence-electron chi connectivity index (χ0n) is 9.95. The monoisotopic (exact) mass is 212 g/mol. The predicted molar refractivity (Wildman–Crippen MR) is 57.9 cm³/mol. The lowest BCUT2D eigenvalue weighted by Crippen LogP contribution is -2.46. The van der Waals surface area contributed by atoms with Crippen molar-refractivity contribution in [2.24, 2.45) is 5.41 Å². The lowest BCUT2D eigenvalue weighted by atomic mass is 9.82. The van der Waals surface area contributed by atoms with Crippen LogP contribution in [-0.2, 0) is 4.79 Å². The molecule has 0 radical (unpaired) electrons. The highest BCUT2D eigenvalue weighted by Crippen LogP contribution is 2.28. The van der Waals surface area contributed by atoms with Crippen LogP contribution in [0.4, 0.5) is 0 Å². The van der Waals surface area contributed by atoms with E-state index in [4.69, 9.17) is 10.4 Å². The van der Waals surface area contributed by atoms with Crippen molar-refractivity contribution < 1.29 is 9.90 Å². The summed E-state index contributed by atoms with van der Waals surface area (Å²) in [5, 5.41) is 18.1. The van der Waals surface area contributed by atoms with E-state index in [9.17, 15) is 4.79 Å². The molecule has 0 aliphatic heterocycles. The van der Waals surface area contributed by atoms with Crippen molar-refractivity contribution in [2.45, 2.75) is 39.7 Å². The highest BCUT2D eigenvalue weighted by molar-refractivity contribution is 5.85. The van der Waals surface area contributed by atoms with Gasteiger partial charge in [-0.25, -0.2) is 0 Å². The summed E-state index contributed by atoms with van der Waals surface area (Å²) in [5.74, 6) is -0.198. The molecule has 0 saturated heterocycles. The Labute approximate surface area is 91.5 Å². The first-order chi connectivity index (χ1) is 6.98. The zero-order valence-corrected chi connectivity index (χ0v) is 9.95. The van der Waals surface area contributed by atoms with Crippen LogP contribution in [0.25, 0.3) is 0 Å². The highest BCUT2D eigenvalue weighted by Gasteiger charge is 2.38. The van der Waals surface area contributed by atoms with Crippen molar-refractivity contribution in [3.8, 4) is 6.07 Å². The number of nitriles is 1. The van der Waals surface area contributed by atoms with Crippen molar-refractivity contribution >= 4 is 5.91 Å². The number of aliphatic hydroxyl groups excluding tert-OH is 1. The van der Waals surface area contributed by atoms with Gasteiger partial charge in [-0.1, -0.05) is 13.8 Å². The zero-order chi connectivity index (χ0) is 12.1. The van der Waals surface area contributed by atoms with Crippen LogP contribution in [-0.4, -0.2) is 35.6 Å². The SMILES string of the molecule is CCC(C#N)(CC)C(=O)N(C)C(C)CO.